The van der Waals surface area contributed by atoms with Gasteiger partial charge in [-0.3, -0.25) is 0 Å². The molecule has 16 heavy (non-hydrogen) atoms. The third-order valence-corrected chi connectivity index (χ3v) is 3.24. The molecule has 0 amide bonds. The van der Waals surface area contributed by atoms with Crippen LogP contribution in [0.1, 0.15) is 25.1 Å². The summed E-state index contributed by atoms with van der Waals surface area (Å²) in [6.45, 7) is 1.86. The minimum atomic E-state index is 0.286. The van der Waals surface area contributed by atoms with Crippen molar-refractivity contribution < 1.29 is 0 Å². The summed E-state index contributed by atoms with van der Waals surface area (Å²) in [6, 6.07) is 2.27. The molecule has 1 heterocycles. The molecular formula is C11H17N5. The van der Waals surface area contributed by atoms with E-state index in [1.54, 1.807) is 6.33 Å². The number of nitrogens with one attached hydrogen (secondary N) is 1. The van der Waals surface area contributed by atoms with E-state index in [9.17, 15) is 0 Å². The first-order chi connectivity index (χ1) is 7.76. The fourth-order valence-corrected chi connectivity index (χ4v) is 1.85. The van der Waals surface area contributed by atoms with Crippen molar-refractivity contribution in [2.45, 2.75) is 25.7 Å². The highest BCUT2D eigenvalue weighted by molar-refractivity contribution is 5.00. The molecule has 2 rings (SSSR count). The van der Waals surface area contributed by atoms with Crippen molar-refractivity contribution in [2.24, 2.45) is 12.5 Å². The average Bonchev–Trinajstić information content (AvgIpc) is 2.91. The molecule has 5 heteroatoms. The fraction of sp³-hybridized carbons (Fsp3) is 0.727. The Morgan fingerprint density at radius 3 is 3.00 bits per heavy atom. The lowest BCUT2D eigenvalue weighted by Crippen LogP contribution is -2.26. The van der Waals surface area contributed by atoms with Crippen molar-refractivity contribution >= 4 is 0 Å². The molecule has 1 saturated carbocycles. The normalized spacial score (nSPS) is 17.0. The Hall–Kier alpha value is -1.41. The van der Waals surface area contributed by atoms with Crippen LogP contribution in [0.15, 0.2) is 6.33 Å². The second kappa shape index (κ2) is 4.62. The van der Waals surface area contributed by atoms with E-state index in [2.05, 4.69) is 21.6 Å². The minimum absolute atomic E-state index is 0.286. The SMILES string of the molecule is Cn1cnnc1CCNCC1(CC#N)CC1. The number of hydrogen-bond donors (Lipinski definition) is 1. The van der Waals surface area contributed by atoms with E-state index in [4.69, 9.17) is 5.26 Å². The first-order valence-corrected chi connectivity index (χ1v) is 5.66. The van der Waals surface area contributed by atoms with Gasteiger partial charge in [0.2, 0.25) is 0 Å². The Morgan fingerprint density at radius 2 is 2.44 bits per heavy atom. The molecular weight excluding hydrogens is 202 g/mol. The van der Waals surface area contributed by atoms with Gasteiger partial charge in [0.25, 0.3) is 0 Å². The second-order valence-corrected chi connectivity index (χ2v) is 4.62. The molecule has 0 unspecified atom stereocenters. The van der Waals surface area contributed by atoms with E-state index in [0.29, 0.717) is 6.42 Å². The molecule has 5 nitrogen and oxygen atoms in total. The van der Waals surface area contributed by atoms with E-state index in [1.807, 2.05) is 11.6 Å². The van der Waals surface area contributed by atoms with Crippen LogP contribution in [0.2, 0.25) is 0 Å². The van der Waals surface area contributed by atoms with Crippen molar-refractivity contribution in [3.63, 3.8) is 0 Å². The van der Waals surface area contributed by atoms with Crippen LogP contribution in [0.25, 0.3) is 0 Å². The highest BCUT2D eigenvalue weighted by Gasteiger charge is 2.41. The molecule has 0 atom stereocenters. The van der Waals surface area contributed by atoms with Gasteiger partial charge in [-0.15, -0.1) is 10.2 Å². The van der Waals surface area contributed by atoms with Gasteiger partial charge in [-0.05, 0) is 18.3 Å². The molecule has 1 aromatic heterocycles. The molecule has 0 bridgehead atoms. The summed E-state index contributed by atoms with van der Waals surface area (Å²) in [5, 5.41) is 19.9. The van der Waals surface area contributed by atoms with Gasteiger partial charge in [0.05, 0.1) is 6.07 Å². The summed E-state index contributed by atoms with van der Waals surface area (Å²) in [6.07, 6.45) is 5.67. The number of rotatable bonds is 6. The summed E-state index contributed by atoms with van der Waals surface area (Å²) in [7, 11) is 1.95. The van der Waals surface area contributed by atoms with Gasteiger partial charge >= 0.3 is 0 Å². The smallest absolute Gasteiger partial charge is 0.133 e. The third kappa shape index (κ3) is 2.58. The van der Waals surface area contributed by atoms with Crippen LogP contribution in [-0.2, 0) is 13.5 Å². The van der Waals surface area contributed by atoms with E-state index < -0.39 is 0 Å². The lowest BCUT2D eigenvalue weighted by molar-refractivity contribution is 0.466. The van der Waals surface area contributed by atoms with Gasteiger partial charge in [-0.25, -0.2) is 0 Å². The second-order valence-electron chi connectivity index (χ2n) is 4.62. The first-order valence-electron chi connectivity index (χ1n) is 5.66. The monoisotopic (exact) mass is 219 g/mol. The van der Waals surface area contributed by atoms with Crippen molar-refractivity contribution in [3.8, 4) is 6.07 Å². The summed E-state index contributed by atoms with van der Waals surface area (Å²) in [4.78, 5) is 0. The minimum Gasteiger partial charge on any atom is -0.321 e. The highest BCUT2D eigenvalue weighted by atomic mass is 15.2. The van der Waals surface area contributed by atoms with E-state index in [-0.39, 0.29) is 5.41 Å². The number of nitriles is 1. The van der Waals surface area contributed by atoms with Gasteiger partial charge in [0.15, 0.2) is 0 Å². The number of nitrogens with zero attached hydrogens (tertiary/aromatic N) is 4. The standard InChI is InChI=1S/C11H17N5/c1-16-9-14-15-10(16)2-7-13-8-11(3-4-11)5-6-12/h9,13H,2-5,7-8H2,1H3. The Balaban J connectivity index is 1.66. The maximum atomic E-state index is 8.69. The van der Waals surface area contributed by atoms with Gasteiger partial charge < -0.3 is 9.88 Å². The van der Waals surface area contributed by atoms with E-state index in [0.717, 1.165) is 25.3 Å². The molecule has 1 aliphatic carbocycles. The van der Waals surface area contributed by atoms with Gasteiger partial charge in [0, 0.05) is 33.0 Å². The maximum Gasteiger partial charge on any atom is 0.133 e. The summed E-state index contributed by atoms with van der Waals surface area (Å²) in [5.74, 6) is 0.998. The van der Waals surface area contributed by atoms with Crippen LogP contribution < -0.4 is 5.32 Å². The van der Waals surface area contributed by atoms with Crippen molar-refractivity contribution in [1.29, 1.82) is 5.26 Å². The highest BCUT2D eigenvalue weighted by Crippen LogP contribution is 2.47. The topological polar surface area (TPSA) is 66.5 Å². The zero-order chi connectivity index (χ0) is 11.4. The zero-order valence-corrected chi connectivity index (χ0v) is 9.61. The maximum absolute atomic E-state index is 8.69. The van der Waals surface area contributed by atoms with Gasteiger partial charge in [-0.2, -0.15) is 5.26 Å². The van der Waals surface area contributed by atoms with Gasteiger partial charge in [-0.1, -0.05) is 0 Å². The summed E-state index contributed by atoms with van der Waals surface area (Å²) in [5.41, 5.74) is 0.286. The van der Waals surface area contributed by atoms with Crippen LogP contribution in [-0.4, -0.2) is 27.9 Å². The van der Waals surface area contributed by atoms with Crippen LogP contribution in [0.3, 0.4) is 0 Å². The zero-order valence-electron chi connectivity index (χ0n) is 9.61. The van der Waals surface area contributed by atoms with Crippen LogP contribution in [0.5, 0.6) is 0 Å². The van der Waals surface area contributed by atoms with Crippen LogP contribution in [0, 0.1) is 16.7 Å². The molecule has 1 fully saturated rings. The number of aryl methyl sites for hydroxylation is 1. The average molecular weight is 219 g/mol. The third-order valence-electron chi connectivity index (χ3n) is 3.24. The van der Waals surface area contributed by atoms with Crippen molar-refractivity contribution in [1.82, 2.24) is 20.1 Å². The summed E-state index contributed by atoms with van der Waals surface area (Å²) < 4.78 is 1.93. The molecule has 1 aliphatic rings. The molecule has 86 valence electrons. The lowest BCUT2D eigenvalue weighted by Gasteiger charge is -2.11. The Bertz CT molecular complexity index is 385. The number of aromatic nitrogens is 3. The molecule has 1 aromatic rings. The Labute approximate surface area is 95.5 Å². The molecule has 0 aromatic carbocycles. The molecule has 0 saturated heterocycles. The Morgan fingerprint density at radius 1 is 1.62 bits per heavy atom. The summed E-state index contributed by atoms with van der Waals surface area (Å²) >= 11 is 0. The Kier molecular flexibility index (Phi) is 3.20. The quantitative estimate of drug-likeness (QED) is 0.713. The van der Waals surface area contributed by atoms with Crippen LogP contribution in [0.4, 0.5) is 0 Å². The largest absolute Gasteiger partial charge is 0.321 e. The molecule has 0 aliphatic heterocycles. The van der Waals surface area contributed by atoms with Gasteiger partial charge in [0.1, 0.15) is 12.2 Å². The number of hydrogen-bond acceptors (Lipinski definition) is 4. The fourth-order valence-electron chi connectivity index (χ4n) is 1.85. The van der Waals surface area contributed by atoms with E-state index >= 15 is 0 Å². The predicted octanol–water partition coefficient (Wildman–Crippen LogP) is 0.641. The van der Waals surface area contributed by atoms with Crippen LogP contribution >= 0.6 is 0 Å². The van der Waals surface area contributed by atoms with Crippen molar-refractivity contribution in [3.05, 3.63) is 12.2 Å². The van der Waals surface area contributed by atoms with Crippen molar-refractivity contribution in [2.75, 3.05) is 13.1 Å². The predicted molar refractivity (Wildman–Crippen MR) is 59.5 cm³/mol. The van der Waals surface area contributed by atoms with E-state index in [1.165, 1.54) is 12.8 Å². The molecule has 1 N–H and O–H groups in total. The first kappa shape index (κ1) is 11.1. The molecule has 0 spiro atoms. The molecule has 0 radical (unpaired) electrons. The lowest BCUT2D eigenvalue weighted by atomic mass is 10.0.